The lowest BCUT2D eigenvalue weighted by atomic mass is 10.0. The third-order valence-corrected chi connectivity index (χ3v) is 6.14. The van der Waals surface area contributed by atoms with Crippen LogP contribution in [-0.4, -0.2) is 37.0 Å². The van der Waals surface area contributed by atoms with E-state index in [-0.39, 0.29) is 42.4 Å². The standard InChI is InChI=1S/C25H19F4N7O2/c1-3-18-19(13-36(2)34-18)32-23-30-11-16(12-31-23)14-4-5-15(17(26)8-14)9-22(37)33-21-10-20(38-35-21)24(6-7-24)25(27,28)29/h1,4-5,8,10-13H,6-7,9H2,2H3,(H,30,31,32)(H,33,35,37). The molecule has 1 amide bonds. The third kappa shape index (κ3) is 4.80. The Morgan fingerprint density at radius 1 is 1.21 bits per heavy atom. The largest absolute Gasteiger partial charge is 0.401 e. The fourth-order valence-corrected chi connectivity index (χ4v) is 3.93. The topological polar surface area (TPSA) is 111 Å². The van der Waals surface area contributed by atoms with Gasteiger partial charge in [0.15, 0.2) is 17.3 Å². The van der Waals surface area contributed by atoms with E-state index < -0.39 is 23.3 Å². The molecule has 1 aliphatic carbocycles. The molecule has 0 atom stereocenters. The van der Waals surface area contributed by atoms with Crippen molar-refractivity contribution in [2.24, 2.45) is 7.05 Å². The minimum Gasteiger partial charge on any atom is -0.358 e. The number of halogens is 4. The number of aromatic nitrogens is 5. The van der Waals surface area contributed by atoms with Crippen LogP contribution in [0.5, 0.6) is 0 Å². The molecule has 1 fully saturated rings. The molecule has 1 aliphatic rings. The van der Waals surface area contributed by atoms with Crippen molar-refractivity contribution in [1.29, 1.82) is 0 Å². The van der Waals surface area contributed by atoms with Gasteiger partial charge < -0.3 is 15.2 Å². The average Bonchev–Trinajstić information content (AvgIpc) is 3.45. The van der Waals surface area contributed by atoms with E-state index >= 15 is 0 Å². The zero-order valence-corrected chi connectivity index (χ0v) is 19.8. The summed E-state index contributed by atoms with van der Waals surface area (Å²) >= 11 is 0. The van der Waals surface area contributed by atoms with Crippen LogP contribution in [-0.2, 0) is 23.7 Å². The first-order valence-corrected chi connectivity index (χ1v) is 11.3. The number of nitrogens with one attached hydrogen (secondary N) is 2. The molecule has 0 radical (unpaired) electrons. The van der Waals surface area contributed by atoms with Crippen LogP contribution in [0.3, 0.4) is 0 Å². The maximum absolute atomic E-state index is 14.8. The van der Waals surface area contributed by atoms with Gasteiger partial charge in [0.05, 0.1) is 12.1 Å². The predicted octanol–water partition coefficient (Wildman–Crippen LogP) is 4.50. The molecule has 0 saturated heterocycles. The Balaban J connectivity index is 1.22. The SMILES string of the molecule is C#Cc1nn(C)cc1Nc1ncc(-c2ccc(CC(=O)Nc3cc(C4(C(F)(F)F)CC4)on3)c(F)c2)cn1. The van der Waals surface area contributed by atoms with Crippen LogP contribution in [0.2, 0.25) is 0 Å². The van der Waals surface area contributed by atoms with Gasteiger partial charge in [0.1, 0.15) is 11.2 Å². The Bertz CT molecular complexity index is 1550. The number of nitrogens with zero attached hydrogens (tertiary/aromatic N) is 5. The minimum absolute atomic E-state index is 0.0847. The third-order valence-electron chi connectivity index (χ3n) is 6.14. The van der Waals surface area contributed by atoms with Gasteiger partial charge >= 0.3 is 6.18 Å². The van der Waals surface area contributed by atoms with Gasteiger partial charge in [-0.15, -0.1) is 6.42 Å². The van der Waals surface area contributed by atoms with Gasteiger partial charge in [0.25, 0.3) is 0 Å². The molecule has 4 aromatic rings. The van der Waals surface area contributed by atoms with Crippen molar-refractivity contribution in [3.63, 3.8) is 0 Å². The Morgan fingerprint density at radius 3 is 2.58 bits per heavy atom. The van der Waals surface area contributed by atoms with Gasteiger partial charge in [0.2, 0.25) is 11.9 Å². The summed E-state index contributed by atoms with van der Waals surface area (Å²) in [5, 5.41) is 12.9. The number of alkyl halides is 3. The van der Waals surface area contributed by atoms with Crippen molar-refractivity contribution in [2.75, 3.05) is 10.6 Å². The van der Waals surface area contributed by atoms with Crippen molar-refractivity contribution < 1.29 is 26.9 Å². The number of terminal acetylenes is 1. The lowest BCUT2D eigenvalue weighted by molar-refractivity contribution is -0.165. The summed E-state index contributed by atoms with van der Waals surface area (Å²) < 4.78 is 60.9. The van der Waals surface area contributed by atoms with Crippen LogP contribution in [0.1, 0.15) is 29.9 Å². The number of hydrogen-bond donors (Lipinski definition) is 2. The monoisotopic (exact) mass is 525 g/mol. The van der Waals surface area contributed by atoms with Crippen molar-refractivity contribution in [3.05, 3.63) is 65.7 Å². The molecule has 0 bridgehead atoms. The first-order chi connectivity index (χ1) is 18.1. The van der Waals surface area contributed by atoms with Gasteiger partial charge in [-0.2, -0.15) is 18.3 Å². The van der Waals surface area contributed by atoms with E-state index in [0.29, 0.717) is 22.5 Å². The van der Waals surface area contributed by atoms with Crippen molar-refractivity contribution in [3.8, 4) is 23.5 Å². The Kier molecular flexibility index (Phi) is 6.10. The average molecular weight is 525 g/mol. The first-order valence-electron chi connectivity index (χ1n) is 11.3. The summed E-state index contributed by atoms with van der Waals surface area (Å²) in [5.41, 5.74) is 0.00688. The lowest BCUT2D eigenvalue weighted by Gasteiger charge is -2.14. The first kappa shape index (κ1) is 24.9. The second-order valence-corrected chi connectivity index (χ2v) is 8.82. The molecular formula is C25H19F4N7O2. The fourth-order valence-electron chi connectivity index (χ4n) is 3.93. The lowest BCUT2D eigenvalue weighted by Crippen LogP contribution is -2.28. The second kappa shape index (κ2) is 9.29. The highest BCUT2D eigenvalue weighted by Gasteiger charge is 2.66. The molecule has 9 nitrogen and oxygen atoms in total. The summed E-state index contributed by atoms with van der Waals surface area (Å²) in [6, 6.07) is 5.32. The molecule has 1 saturated carbocycles. The second-order valence-electron chi connectivity index (χ2n) is 8.82. The maximum atomic E-state index is 14.8. The van der Waals surface area contributed by atoms with Gasteiger partial charge in [-0.25, -0.2) is 14.4 Å². The molecule has 3 aromatic heterocycles. The molecule has 13 heteroatoms. The predicted molar refractivity (Wildman–Crippen MR) is 128 cm³/mol. The van der Waals surface area contributed by atoms with E-state index in [1.165, 1.54) is 24.5 Å². The van der Waals surface area contributed by atoms with E-state index in [1.807, 2.05) is 0 Å². The van der Waals surface area contributed by atoms with E-state index in [2.05, 4.69) is 36.8 Å². The van der Waals surface area contributed by atoms with Crippen LogP contribution < -0.4 is 10.6 Å². The molecule has 194 valence electrons. The van der Waals surface area contributed by atoms with Crippen LogP contribution in [0.4, 0.5) is 35.0 Å². The van der Waals surface area contributed by atoms with Crippen molar-refractivity contribution in [2.45, 2.75) is 30.9 Å². The maximum Gasteiger partial charge on any atom is 0.401 e. The van der Waals surface area contributed by atoms with Crippen LogP contribution >= 0.6 is 0 Å². The molecule has 0 aliphatic heterocycles. The smallest absolute Gasteiger partial charge is 0.358 e. The summed E-state index contributed by atoms with van der Waals surface area (Å²) in [7, 11) is 1.73. The number of benzene rings is 1. The van der Waals surface area contributed by atoms with Crippen LogP contribution in [0.15, 0.2) is 47.4 Å². The highest BCUT2D eigenvalue weighted by Crippen LogP contribution is 2.59. The number of aryl methyl sites for hydroxylation is 1. The zero-order chi connectivity index (χ0) is 27.1. The van der Waals surface area contributed by atoms with Gasteiger partial charge in [0, 0.05) is 37.3 Å². The van der Waals surface area contributed by atoms with E-state index in [0.717, 1.165) is 6.07 Å². The normalized spacial score (nSPS) is 14.1. The number of anilines is 3. The molecule has 38 heavy (non-hydrogen) atoms. The molecule has 3 heterocycles. The Hall–Kier alpha value is -4.73. The molecule has 2 N–H and O–H groups in total. The number of carbonyl (C=O) groups excluding carboxylic acids is 1. The van der Waals surface area contributed by atoms with Crippen LogP contribution in [0, 0.1) is 18.2 Å². The summed E-state index contributed by atoms with van der Waals surface area (Å²) in [6.45, 7) is 0. The highest BCUT2D eigenvalue weighted by atomic mass is 19.4. The van der Waals surface area contributed by atoms with E-state index in [9.17, 15) is 22.4 Å². The highest BCUT2D eigenvalue weighted by molar-refractivity contribution is 5.91. The molecule has 5 rings (SSSR count). The van der Waals surface area contributed by atoms with Crippen molar-refractivity contribution >= 4 is 23.4 Å². The number of amides is 1. The molecule has 1 aromatic carbocycles. The minimum atomic E-state index is -4.47. The summed E-state index contributed by atoms with van der Waals surface area (Å²) in [4.78, 5) is 20.8. The van der Waals surface area contributed by atoms with E-state index in [1.54, 1.807) is 24.0 Å². The number of carbonyl (C=O) groups is 1. The molecule has 0 spiro atoms. The van der Waals surface area contributed by atoms with Gasteiger partial charge in [-0.1, -0.05) is 17.3 Å². The number of rotatable bonds is 7. The van der Waals surface area contributed by atoms with Gasteiger partial charge in [-0.3, -0.25) is 9.48 Å². The van der Waals surface area contributed by atoms with E-state index in [4.69, 9.17) is 10.9 Å². The molecule has 0 unspecified atom stereocenters. The zero-order valence-electron chi connectivity index (χ0n) is 19.8. The summed E-state index contributed by atoms with van der Waals surface area (Å²) in [5.74, 6) is 0.906. The molecular weight excluding hydrogens is 506 g/mol. The fraction of sp³-hybridized carbons (Fsp3) is 0.240. The van der Waals surface area contributed by atoms with Crippen LogP contribution in [0.25, 0.3) is 11.1 Å². The Labute approximate surface area is 213 Å². The van der Waals surface area contributed by atoms with Crippen molar-refractivity contribution in [1.82, 2.24) is 24.9 Å². The summed E-state index contributed by atoms with van der Waals surface area (Å²) in [6.07, 6.45) is 5.09. The van der Waals surface area contributed by atoms with Gasteiger partial charge in [-0.05, 0) is 36.0 Å². The quantitative estimate of drug-likeness (QED) is 0.270. The Morgan fingerprint density at radius 2 is 1.95 bits per heavy atom. The number of hydrogen-bond acceptors (Lipinski definition) is 7.